The Morgan fingerprint density at radius 2 is 2.38 bits per heavy atom. The molecule has 1 aromatic carbocycles. The van der Waals surface area contributed by atoms with Crippen LogP contribution in [-0.4, -0.2) is 23.5 Å². The molecule has 1 aromatic rings. The van der Waals surface area contributed by atoms with E-state index in [4.69, 9.17) is 5.26 Å². The van der Waals surface area contributed by atoms with Gasteiger partial charge in [0, 0.05) is 24.1 Å². The molecule has 0 spiro atoms. The van der Waals surface area contributed by atoms with Crippen LogP contribution in [0.3, 0.4) is 0 Å². The molecule has 0 amide bonds. The highest BCUT2D eigenvalue weighted by Crippen LogP contribution is 2.22. The van der Waals surface area contributed by atoms with Crippen LogP contribution >= 0.6 is 11.8 Å². The number of anilines is 1. The van der Waals surface area contributed by atoms with Gasteiger partial charge in [0.2, 0.25) is 0 Å². The van der Waals surface area contributed by atoms with Gasteiger partial charge in [-0.05, 0) is 18.4 Å². The molecule has 6 heteroatoms. The molecule has 0 aliphatic rings. The van der Waals surface area contributed by atoms with Crippen molar-refractivity contribution in [3.05, 3.63) is 33.9 Å². The Kier molecular flexibility index (Phi) is 4.61. The van der Waals surface area contributed by atoms with E-state index >= 15 is 0 Å². The van der Waals surface area contributed by atoms with Crippen LogP contribution in [0.1, 0.15) is 5.56 Å². The molecule has 1 N–H and O–H groups in total. The lowest BCUT2D eigenvalue weighted by atomic mass is 10.2. The van der Waals surface area contributed by atoms with Gasteiger partial charge in [-0.25, -0.2) is 0 Å². The zero-order chi connectivity index (χ0) is 12.0. The molecule has 0 bridgehead atoms. The maximum absolute atomic E-state index is 10.7. The average Bonchev–Trinajstić information content (AvgIpc) is 2.29. The monoisotopic (exact) mass is 237 g/mol. The quantitative estimate of drug-likeness (QED) is 0.482. The molecular weight excluding hydrogens is 226 g/mol. The molecule has 1 rings (SSSR count). The van der Waals surface area contributed by atoms with Crippen molar-refractivity contribution in [3.8, 4) is 6.07 Å². The lowest BCUT2D eigenvalue weighted by Gasteiger charge is -2.05. The van der Waals surface area contributed by atoms with Gasteiger partial charge in [0.15, 0.2) is 0 Å². The first-order valence-electron chi connectivity index (χ1n) is 4.60. The van der Waals surface area contributed by atoms with Crippen molar-refractivity contribution in [2.75, 3.05) is 23.9 Å². The summed E-state index contributed by atoms with van der Waals surface area (Å²) in [4.78, 5) is 10.1. The molecule has 16 heavy (non-hydrogen) atoms. The predicted molar refractivity (Wildman–Crippen MR) is 64.7 cm³/mol. The molecule has 0 unspecified atom stereocenters. The smallest absolute Gasteiger partial charge is 0.289 e. The molecule has 0 fully saturated rings. The molecular formula is C10H11N3O2S. The van der Waals surface area contributed by atoms with Crippen LogP contribution in [0.4, 0.5) is 11.4 Å². The van der Waals surface area contributed by atoms with Gasteiger partial charge < -0.3 is 5.32 Å². The average molecular weight is 237 g/mol. The first-order chi connectivity index (χ1) is 7.69. The number of hydrogen-bond donors (Lipinski definition) is 1. The van der Waals surface area contributed by atoms with Crippen molar-refractivity contribution in [2.24, 2.45) is 0 Å². The number of nitrogens with zero attached hydrogens (tertiary/aromatic N) is 2. The Bertz CT molecular complexity index is 429. The second kappa shape index (κ2) is 5.98. The van der Waals surface area contributed by atoms with Gasteiger partial charge in [0.05, 0.1) is 4.92 Å². The molecule has 0 aliphatic carbocycles. The summed E-state index contributed by atoms with van der Waals surface area (Å²) in [5.41, 5.74) is 0.594. The Hall–Kier alpha value is -1.74. The van der Waals surface area contributed by atoms with Gasteiger partial charge >= 0.3 is 0 Å². The highest BCUT2D eigenvalue weighted by molar-refractivity contribution is 7.98. The summed E-state index contributed by atoms with van der Waals surface area (Å²) in [7, 11) is 0. The standard InChI is InChI=1S/C10H11N3O2S/c1-16-5-4-12-9-3-2-8(7-11)10(6-9)13(14)15/h2-3,6,12H,4-5H2,1H3. The summed E-state index contributed by atoms with van der Waals surface area (Å²) in [6.45, 7) is 0.740. The molecule has 0 atom stereocenters. The SMILES string of the molecule is CSCCNc1ccc(C#N)c([N+](=O)[O-])c1. The third-order valence-corrected chi connectivity index (χ3v) is 2.56. The van der Waals surface area contributed by atoms with Gasteiger partial charge in [0.1, 0.15) is 11.6 Å². The van der Waals surface area contributed by atoms with Gasteiger partial charge in [-0.3, -0.25) is 10.1 Å². The Morgan fingerprint density at radius 3 is 2.94 bits per heavy atom. The van der Waals surface area contributed by atoms with Gasteiger partial charge in [-0.2, -0.15) is 17.0 Å². The van der Waals surface area contributed by atoms with Gasteiger partial charge in [0.25, 0.3) is 5.69 Å². The number of nitrogens with one attached hydrogen (secondary N) is 1. The van der Waals surface area contributed by atoms with E-state index in [9.17, 15) is 10.1 Å². The Labute approximate surface area is 97.6 Å². The van der Waals surface area contributed by atoms with Crippen LogP contribution in [0.15, 0.2) is 18.2 Å². The second-order valence-corrected chi connectivity index (χ2v) is 4.01. The number of benzene rings is 1. The second-order valence-electron chi connectivity index (χ2n) is 3.02. The fourth-order valence-corrected chi connectivity index (χ4v) is 1.49. The van der Waals surface area contributed by atoms with Crippen LogP contribution in [0.2, 0.25) is 0 Å². The predicted octanol–water partition coefficient (Wildman–Crippen LogP) is 2.24. The summed E-state index contributed by atoms with van der Waals surface area (Å²) >= 11 is 1.69. The summed E-state index contributed by atoms with van der Waals surface area (Å²) in [5, 5.41) is 22.4. The maximum Gasteiger partial charge on any atom is 0.289 e. The molecule has 0 aromatic heterocycles. The third kappa shape index (κ3) is 3.14. The highest BCUT2D eigenvalue weighted by Gasteiger charge is 2.13. The Balaban J connectivity index is 2.86. The van der Waals surface area contributed by atoms with Crippen molar-refractivity contribution in [1.29, 1.82) is 5.26 Å². The zero-order valence-electron chi connectivity index (χ0n) is 8.77. The number of hydrogen-bond acceptors (Lipinski definition) is 5. The minimum atomic E-state index is -0.543. The van der Waals surface area contributed by atoms with E-state index in [-0.39, 0.29) is 11.3 Å². The van der Waals surface area contributed by atoms with Crippen LogP contribution in [-0.2, 0) is 0 Å². The topological polar surface area (TPSA) is 79.0 Å². The number of nitro benzene ring substituents is 1. The first kappa shape index (κ1) is 12.3. The van der Waals surface area contributed by atoms with Crippen molar-refractivity contribution in [3.63, 3.8) is 0 Å². The molecule has 84 valence electrons. The van der Waals surface area contributed by atoms with E-state index in [1.807, 2.05) is 6.26 Å². The van der Waals surface area contributed by atoms with Crippen LogP contribution in [0.25, 0.3) is 0 Å². The van der Waals surface area contributed by atoms with Crippen LogP contribution in [0, 0.1) is 21.4 Å². The first-order valence-corrected chi connectivity index (χ1v) is 5.99. The lowest BCUT2D eigenvalue weighted by molar-refractivity contribution is -0.385. The van der Waals surface area contributed by atoms with Crippen molar-refractivity contribution in [2.45, 2.75) is 0 Å². The number of nitriles is 1. The molecule has 0 saturated heterocycles. The fraction of sp³-hybridized carbons (Fsp3) is 0.300. The summed E-state index contributed by atoms with van der Waals surface area (Å²) in [6.07, 6.45) is 1.99. The van der Waals surface area contributed by atoms with Gasteiger partial charge in [-0.15, -0.1) is 0 Å². The van der Waals surface area contributed by atoms with Crippen molar-refractivity contribution >= 4 is 23.1 Å². The zero-order valence-corrected chi connectivity index (χ0v) is 9.58. The largest absolute Gasteiger partial charge is 0.384 e. The van der Waals surface area contributed by atoms with Crippen molar-refractivity contribution < 1.29 is 4.92 Å². The summed E-state index contributed by atoms with van der Waals surface area (Å²) in [5.74, 6) is 0.924. The highest BCUT2D eigenvalue weighted by atomic mass is 32.2. The number of rotatable bonds is 5. The minimum absolute atomic E-state index is 0.0837. The molecule has 5 nitrogen and oxygen atoms in total. The van der Waals surface area contributed by atoms with Gasteiger partial charge in [-0.1, -0.05) is 0 Å². The van der Waals surface area contributed by atoms with E-state index in [1.54, 1.807) is 23.9 Å². The fourth-order valence-electron chi connectivity index (χ4n) is 1.18. The van der Waals surface area contributed by atoms with E-state index in [0.717, 1.165) is 12.3 Å². The van der Waals surface area contributed by atoms with Crippen LogP contribution < -0.4 is 5.32 Å². The van der Waals surface area contributed by atoms with E-state index in [1.165, 1.54) is 12.1 Å². The van der Waals surface area contributed by atoms with Crippen molar-refractivity contribution in [1.82, 2.24) is 0 Å². The van der Waals surface area contributed by atoms with Crippen LogP contribution in [0.5, 0.6) is 0 Å². The number of nitro groups is 1. The van der Waals surface area contributed by atoms with E-state index in [0.29, 0.717) is 5.69 Å². The molecule has 0 saturated carbocycles. The van der Waals surface area contributed by atoms with E-state index < -0.39 is 4.92 Å². The normalized spacial score (nSPS) is 9.50. The maximum atomic E-state index is 10.7. The molecule has 0 heterocycles. The summed E-state index contributed by atoms with van der Waals surface area (Å²) in [6, 6.07) is 6.32. The minimum Gasteiger partial charge on any atom is -0.384 e. The molecule has 0 radical (unpaired) electrons. The van der Waals surface area contributed by atoms with E-state index in [2.05, 4.69) is 5.32 Å². The molecule has 0 aliphatic heterocycles. The third-order valence-electron chi connectivity index (χ3n) is 1.95. The summed E-state index contributed by atoms with van der Waals surface area (Å²) < 4.78 is 0. The Morgan fingerprint density at radius 1 is 1.62 bits per heavy atom. The number of thioether (sulfide) groups is 1. The lowest BCUT2D eigenvalue weighted by Crippen LogP contribution is -2.04.